The maximum absolute atomic E-state index is 12.9. The van der Waals surface area contributed by atoms with E-state index >= 15 is 0 Å². The summed E-state index contributed by atoms with van der Waals surface area (Å²) in [5, 5.41) is 0. The summed E-state index contributed by atoms with van der Waals surface area (Å²) in [4.78, 5) is 17.5. The number of carbonyl (C=O) groups excluding carboxylic acids is 1. The molecule has 33 heavy (non-hydrogen) atoms. The molecule has 0 fully saturated rings. The van der Waals surface area contributed by atoms with E-state index < -0.39 is 0 Å². The molecule has 0 saturated heterocycles. The highest BCUT2D eigenvalue weighted by Gasteiger charge is 2.37. The lowest BCUT2D eigenvalue weighted by atomic mass is 10.0. The van der Waals surface area contributed by atoms with Crippen molar-refractivity contribution in [3.63, 3.8) is 0 Å². The average molecular weight is 462 g/mol. The van der Waals surface area contributed by atoms with Gasteiger partial charge in [-0.2, -0.15) is 4.48 Å². The second kappa shape index (κ2) is 20.4. The summed E-state index contributed by atoms with van der Waals surface area (Å²) in [6, 6.07) is 0. The normalized spacial score (nSPS) is 17.6. The standard InChI is InChI=1S/C30H57N2O/c1-4-6-8-10-12-14-15-16-18-19-21-23-25-29-31-27-28-32(29,3)30(33)26-24-22-20-17-13-11-9-7-5-2/h27-28H,4-26H2,1-3H3/q+1. The summed E-state index contributed by atoms with van der Waals surface area (Å²) in [5.74, 6) is 1.38. The summed E-state index contributed by atoms with van der Waals surface area (Å²) in [5.41, 5.74) is 0. The fourth-order valence-corrected chi connectivity index (χ4v) is 4.93. The number of rotatable bonds is 23. The number of unbranched alkanes of at least 4 members (excludes halogenated alkanes) is 19. The summed E-state index contributed by atoms with van der Waals surface area (Å²) < 4.78 is 0.328. The molecule has 0 spiro atoms. The SMILES string of the molecule is CCCCCCCCCCCCCCC1=NC=C[N+]1(C)C(=O)CCCCCCCCCCC. The van der Waals surface area contributed by atoms with E-state index in [1.54, 1.807) is 0 Å². The van der Waals surface area contributed by atoms with Gasteiger partial charge in [0.15, 0.2) is 0 Å². The predicted octanol–water partition coefficient (Wildman–Crippen LogP) is 9.85. The minimum Gasteiger partial charge on any atom is -0.230 e. The van der Waals surface area contributed by atoms with Crippen molar-refractivity contribution in [1.29, 1.82) is 0 Å². The zero-order valence-corrected chi connectivity index (χ0v) is 22.7. The highest BCUT2D eigenvalue weighted by molar-refractivity contribution is 5.90. The smallest absolute Gasteiger partial charge is 0.230 e. The molecule has 1 unspecified atom stereocenters. The quantitative estimate of drug-likeness (QED) is 0.110. The Morgan fingerprint density at radius 1 is 0.636 bits per heavy atom. The third kappa shape index (κ3) is 14.1. The molecule has 0 aromatic heterocycles. The summed E-state index contributed by atoms with van der Waals surface area (Å²) >= 11 is 0. The number of aliphatic imine (C=N–C) groups is 1. The van der Waals surface area contributed by atoms with Crippen LogP contribution in [0.5, 0.6) is 0 Å². The van der Waals surface area contributed by atoms with Crippen LogP contribution in [0.25, 0.3) is 0 Å². The Kier molecular flexibility index (Phi) is 18.6. The summed E-state index contributed by atoms with van der Waals surface area (Å²) in [6.45, 7) is 4.55. The van der Waals surface area contributed by atoms with Crippen LogP contribution < -0.4 is 0 Å². The lowest BCUT2D eigenvalue weighted by molar-refractivity contribution is -0.683. The van der Waals surface area contributed by atoms with Crippen LogP contribution >= 0.6 is 0 Å². The molecule has 1 amide bonds. The Hall–Kier alpha value is -0.960. The van der Waals surface area contributed by atoms with Crippen molar-refractivity contribution in [3.8, 4) is 0 Å². The number of amides is 1. The monoisotopic (exact) mass is 461 g/mol. The van der Waals surface area contributed by atoms with Gasteiger partial charge in [0.1, 0.15) is 6.20 Å². The first-order valence-corrected chi connectivity index (χ1v) is 14.8. The van der Waals surface area contributed by atoms with Crippen molar-refractivity contribution in [1.82, 2.24) is 0 Å². The van der Waals surface area contributed by atoms with E-state index in [4.69, 9.17) is 0 Å². The molecule has 0 aromatic rings. The fraction of sp³-hybridized carbons (Fsp3) is 0.867. The molecule has 0 radical (unpaired) electrons. The Bertz CT molecular complexity index is 539. The van der Waals surface area contributed by atoms with Gasteiger partial charge in [-0.3, -0.25) is 0 Å². The van der Waals surface area contributed by atoms with Gasteiger partial charge in [0.05, 0.1) is 19.7 Å². The van der Waals surface area contributed by atoms with Crippen LogP contribution in [-0.2, 0) is 4.79 Å². The second-order valence-electron chi connectivity index (χ2n) is 10.5. The molecule has 192 valence electrons. The van der Waals surface area contributed by atoms with Crippen LogP contribution in [0.1, 0.15) is 162 Å². The van der Waals surface area contributed by atoms with Crippen LogP contribution in [0, 0.1) is 0 Å². The van der Waals surface area contributed by atoms with Crippen LogP contribution in [0.3, 0.4) is 0 Å². The minimum absolute atomic E-state index is 0.324. The van der Waals surface area contributed by atoms with E-state index in [9.17, 15) is 4.79 Å². The molecule has 0 aliphatic carbocycles. The highest BCUT2D eigenvalue weighted by atomic mass is 16.2. The van der Waals surface area contributed by atoms with Gasteiger partial charge in [0.25, 0.3) is 0 Å². The van der Waals surface area contributed by atoms with Crippen molar-refractivity contribution in [2.24, 2.45) is 4.99 Å². The minimum atomic E-state index is 0.324. The third-order valence-electron chi connectivity index (χ3n) is 7.39. The number of hydrogen-bond acceptors (Lipinski definition) is 2. The average Bonchev–Trinajstić information content (AvgIpc) is 3.20. The molecule has 1 rings (SSSR count). The van der Waals surface area contributed by atoms with Gasteiger partial charge in [0.2, 0.25) is 5.84 Å². The van der Waals surface area contributed by atoms with Crippen LogP contribution in [0.15, 0.2) is 17.4 Å². The number of amidine groups is 1. The van der Waals surface area contributed by atoms with E-state index in [1.165, 1.54) is 122 Å². The third-order valence-corrected chi connectivity index (χ3v) is 7.39. The molecular weight excluding hydrogens is 404 g/mol. The first-order valence-electron chi connectivity index (χ1n) is 14.8. The van der Waals surface area contributed by atoms with Gasteiger partial charge in [-0.15, -0.1) is 0 Å². The van der Waals surface area contributed by atoms with Crippen LogP contribution in [-0.4, -0.2) is 23.3 Å². The van der Waals surface area contributed by atoms with Crippen molar-refractivity contribution < 1.29 is 9.28 Å². The van der Waals surface area contributed by atoms with Crippen molar-refractivity contribution in [2.45, 2.75) is 162 Å². The largest absolute Gasteiger partial charge is 0.324 e. The van der Waals surface area contributed by atoms with E-state index in [2.05, 4.69) is 18.8 Å². The maximum atomic E-state index is 12.9. The Morgan fingerprint density at radius 3 is 1.48 bits per heavy atom. The molecule has 1 aliphatic heterocycles. The van der Waals surface area contributed by atoms with Gasteiger partial charge < -0.3 is 0 Å². The number of carbonyl (C=O) groups is 1. The van der Waals surface area contributed by atoms with E-state index in [0.29, 0.717) is 16.8 Å². The van der Waals surface area contributed by atoms with E-state index in [-0.39, 0.29) is 0 Å². The van der Waals surface area contributed by atoms with Gasteiger partial charge in [-0.25, -0.2) is 9.79 Å². The highest BCUT2D eigenvalue weighted by Crippen LogP contribution is 2.22. The second-order valence-corrected chi connectivity index (χ2v) is 10.5. The Morgan fingerprint density at radius 2 is 1.03 bits per heavy atom. The summed E-state index contributed by atoms with van der Waals surface area (Å²) in [6.07, 6.45) is 33.5. The molecule has 3 nitrogen and oxygen atoms in total. The molecule has 0 aromatic carbocycles. The van der Waals surface area contributed by atoms with Crippen molar-refractivity contribution in [2.75, 3.05) is 7.05 Å². The van der Waals surface area contributed by atoms with E-state index in [1.807, 2.05) is 19.4 Å². The number of hydrogen-bond donors (Lipinski definition) is 0. The first kappa shape index (κ1) is 30.1. The maximum Gasteiger partial charge on any atom is 0.324 e. The van der Waals surface area contributed by atoms with Gasteiger partial charge in [0, 0.05) is 6.42 Å². The topological polar surface area (TPSA) is 29.4 Å². The van der Waals surface area contributed by atoms with Gasteiger partial charge >= 0.3 is 5.91 Å². The molecule has 3 heteroatoms. The Balaban J connectivity index is 2.05. The molecule has 0 saturated carbocycles. The van der Waals surface area contributed by atoms with Crippen LogP contribution in [0.4, 0.5) is 0 Å². The zero-order chi connectivity index (χ0) is 24.0. The summed E-state index contributed by atoms with van der Waals surface area (Å²) in [7, 11) is 2.04. The molecule has 0 N–H and O–H groups in total. The molecule has 0 bridgehead atoms. The molecular formula is C30H57N2O+. The lowest BCUT2D eigenvalue weighted by Gasteiger charge is -2.25. The zero-order valence-electron chi connectivity index (χ0n) is 22.7. The predicted molar refractivity (Wildman–Crippen MR) is 145 cm³/mol. The lowest BCUT2D eigenvalue weighted by Crippen LogP contribution is -2.47. The van der Waals surface area contributed by atoms with E-state index in [0.717, 1.165) is 25.1 Å². The Labute approximate surface area is 207 Å². The van der Waals surface area contributed by atoms with Gasteiger partial charge in [-0.1, -0.05) is 136 Å². The fourth-order valence-electron chi connectivity index (χ4n) is 4.93. The molecule has 1 atom stereocenters. The number of quaternary nitrogens is 1. The molecule has 1 heterocycles. The van der Waals surface area contributed by atoms with Crippen molar-refractivity contribution >= 4 is 11.7 Å². The van der Waals surface area contributed by atoms with Gasteiger partial charge in [-0.05, 0) is 12.8 Å². The van der Waals surface area contributed by atoms with Crippen LogP contribution in [0.2, 0.25) is 0 Å². The number of nitrogens with zero attached hydrogens (tertiary/aromatic N) is 2. The van der Waals surface area contributed by atoms with Crippen molar-refractivity contribution in [3.05, 3.63) is 12.4 Å². The molecule has 1 aliphatic rings. The first-order chi connectivity index (χ1) is 16.1.